The maximum Gasteiger partial charge on any atom is 0.332 e. The van der Waals surface area contributed by atoms with Gasteiger partial charge in [-0.05, 0) is 77.0 Å². The molecule has 0 amide bonds. The molecule has 0 spiro atoms. The van der Waals surface area contributed by atoms with Crippen molar-refractivity contribution in [2.75, 3.05) is 0 Å². The van der Waals surface area contributed by atoms with Crippen LogP contribution in [0.1, 0.15) is 206 Å². The second-order valence-corrected chi connectivity index (χ2v) is 12.9. The quantitative estimate of drug-likeness (QED) is 0.0428. The first-order valence-electron chi connectivity index (χ1n) is 19.0. The van der Waals surface area contributed by atoms with Crippen molar-refractivity contribution in [2.24, 2.45) is 0 Å². The van der Waals surface area contributed by atoms with Gasteiger partial charge < -0.3 is 10.2 Å². The van der Waals surface area contributed by atoms with Crippen molar-refractivity contribution in [2.45, 2.75) is 206 Å². The standard InChI is InChI=1S/C40H72O4/c1-3-5-7-9-11-13-15-17-19-21-23-25-27-29-31-33-35-37(39(41)42)38(40(43)44)36-34-32-30-28-26-24-22-20-18-16-14-12-10-8-6-4-2/h17-20H,3-16,21-36H2,1-2H3,(H,41,42)(H,43,44)/b19-17-,20-18-,38-37-. The van der Waals surface area contributed by atoms with Crippen LogP contribution < -0.4 is 0 Å². The Hall–Kier alpha value is -1.84. The van der Waals surface area contributed by atoms with Crippen molar-refractivity contribution in [3.8, 4) is 0 Å². The molecule has 0 aromatic rings. The van der Waals surface area contributed by atoms with Gasteiger partial charge in [-0.15, -0.1) is 0 Å². The van der Waals surface area contributed by atoms with Gasteiger partial charge in [-0.2, -0.15) is 0 Å². The summed E-state index contributed by atoms with van der Waals surface area (Å²) in [6.07, 6.45) is 43.8. The molecule has 0 saturated heterocycles. The number of aliphatic carboxylic acids is 2. The van der Waals surface area contributed by atoms with E-state index in [4.69, 9.17) is 0 Å². The van der Waals surface area contributed by atoms with Crippen LogP contribution in [-0.4, -0.2) is 22.2 Å². The van der Waals surface area contributed by atoms with Gasteiger partial charge in [0.2, 0.25) is 0 Å². The third-order valence-electron chi connectivity index (χ3n) is 8.76. The smallest absolute Gasteiger partial charge is 0.332 e. The zero-order valence-electron chi connectivity index (χ0n) is 29.2. The predicted molar refractivity (Wildman–Crippen MR) is 190 cm³/mol. The van der Waals surface area contributed by atoms with Crippen LogP contribution in [0.4, 0.5) is 0 Å². The zero-order chi connectivity index (χ0) is 32.4. The van der Waals surface area contributed by atoms with Crippen LogP contribution in [0, 0.1) is 0 Å². The first-order valence-corrected chi connectivity index (χ1v) is 19.0. The Morgan fingerprint density at radius 3 is 0.841 bits per heavy atom. The Kier molecular flexibility index (Phi) is 32.6. The van der Waals surface area contributed by atoms with Crippen LogP contribution in [0.25, 0.3) is 0 Å². The maximum atomic E-state index is 11.9. The van der Waals surface area contributed by atoms with E-state index in [0.717, 1.165) is 51.4 Å². The summed E-state index contributed by atoms with van der Waals surface area (Å²) < 4.78 is 0. The number of carboxylic acids is 2. The first-order chi connectivity index (χ1) is 21.5. The first kappa shape index (κ1) is 42.2. The average Bonchev–Trinajstić information content (AvgIpc) is 3.00. The molecule has 0 unspecified atom stereocenters. The fraction of sp³-hybridized carbons (Fsp3) is 0.800. The molecule has 0 bridgehead atoms. The molecule has 4 nitrogen and oxygen atoms in total. The molecule has 0 fully saturated rings. The molecule has 0 aliphatic carbocycles. The number of carboxylic acid groups (broad SMARTS) is 2. The van der Waals surface area contributed by atoms with Gasteiger partial charge in [0.25, 0.3) is 0 Å². The van der Waals surface area contributed by atoms with Gasteiger partial charge in [-0.3, -0.25) is 0 Å². The topological polar surface area (TPSA) is 74.6 Å². The molecule has 256 valence electrons. The lowest BCUT2D eigenvalue weighted by atomic mass is 9.96. The lowest BCUT2D eigenvalue weighted by Crippen LogP contribution is -2.12. The third kappa shape index (κ3) is 28.9. The molecule has 0 saturated carbocycles. The molecule has 0 aliphatic rings. The second-order valence-electron chi connectivity index (χ2n) is 12.9. The monoisotopic (exact) mass is 617 g/mol. The molecule has 0 atom stereocenters. The van der Waals surface area contributed by atoms with Crippen LogP contribution in [-0.2, 0) is 9.59 Å². The Morgan fingerprint density at radius 1 is 0.364 bits per heavy atom. The number of unbranched alkanes of at least 4 members (excludes halogenated alkanes) is 24. The second kappa shape index (κ2) is 34.0. The van der Waals surface area contributed by atoms with Crippen molar-refractivity contribution in [3.63, 3.8) is 0 Å². The van der Waals surface area contributed by atoms with E-state index in [1.807, 2.05) is 0 Å². The zero-order valence-corrected chi connectivity index (χ0v) is 29.2. The van der Waals surface area contributed by atoms with Gasteiger partial charge in [0.05, 0.1) is 0 Å². The van der Waals surface area contributed by atoms with Crippen molar-refractivity contribution < 1.29 is 19.8 Å². The third-order valence-corrected chi connectivity index (χ3v) is 8.76. The van der Waals surface area contributed by atoms with Crippen LogP contribution in [0.15, 0.2) is 35.5 Å². The van der Waals surface area contributed by atoms with E-state index in [-0.39, 0.29) is 11.1 Å². The highest BCUT2D eigenvalue weighted by molar-refractivity contribution is 5.98. The van der Waals surface area contributed by atoms with E-state index in [1.54, 1.807) is 0 Å². The molecule has 44 heavy (non-hydrogen) atoms. The predicted octanol–water partition coefficient (Wildman–Crippen LogP) is 13.3. The molecule has 2 N–H and O–H groups in total. The van der Waals surface area contributed by atoms with E-state index in [9.17, 15) is 19.8 Å². The highest BCUT2D eigenvalue weighted by atomic mass is 16.4. The Labute approximate surface area is 273 Å². The molecule has 0 aromatic carbocycles. The SMILES string of the molecule is CCCCCCCC/C=C\CCCCCCCC/C(C(=O)O)=C(\CCCCCCCC/C=C\CCCCCCCC)C(=O)O. The Bertz CT molecular complexity index is 686. The number of carbonyl (C=O) groups is 2. The van der Waals surface area contributed by atoms with E-state index in [1.165, 1.54) is 128 Å². The molecule has 0 radical (unpaired) electrons. The summed E-state index contributed by atoms with van der Waals surface area (Å²) in [7, 11) is 0. The van der Waals surface area contributed by atoms with E-state index < -0.39 is 11.9 Å². The average molecular weight is 617 g/mol. The van der Waals surface area contributed by atoms with Gasteiger partial charge in [0, 0.05) is 11.1 Å². The van der Waals surface area contributed by atoms with Crippen molar-refractivity contribution >= 4 is 11.9 Å². The molecule has 4 heteroatoms. The summed E-state index contributed by atoms with van der Waals surface area (Å²) in [6.45, 7) is 4.52. The summed E-state index contributed by atoms with van der Waals surface area (Å²) in [5, 5.41) is 19.4. The van der Waals surface area contributed by atoms with Gasteiger partial charge in [-0.25, -0.2) is 9.59 Å². The summed E-state index contributed by atoms with van der Waals surface area (Å²) in [5.41, 5.74) is 0.251. The van der Waals surface area contributed by atoms with Gasteiger partial charge in [0.1, 0.15) is 0 Å². The number of rotatable bonds is 34. The lowest BCUT2D eigenvalue weighted by Gasteiger charge is -2.09. The Morgan fingerprint density at radius 2 is 0.591 bits per heavy atom. The van der Waals surface area contributed by atoms with E-state index in [0.29, 0.717) is 12.8 Å². The highest BCUT2D eigenvalue weighted by Gasteiger charge is 2.19. The van der Waals surface area contributed by atoms with Crippen LogP contribution in [0.2, 0.25) is 0 Å². The molecule has 0 heterocycles. The van der Waals surface area contributed by atoms with Crippen LogP contribution >= 0.6 is 0 Å². The van der Waals surface area contributed by atoms with E-state index >= 15 is 0 Å². The summed E-state index contributed by atoms with van der Waals surface area (Å²) in [6, 6.07) is 0. The van der Waals surface area contributed by atoms with Gasteiger partial charge in [-0.1, -0.05) is 154 Å². The minimum absolute atomic E-state index is 0.126. The highest BCUT2D eigenvalue weighted by Crippen LogP contribution is 2.21. The van der Waals surface area contributed by atoms with Crippen molar-refractivity contribution in [1.29, 1.82) is 0 Å². The van der Waals surface area contributed by atoms with Crippen molar-refractivity contribution in [3.05, 3.63) is 35.5 Å². The number of hydrogen-bond acceptors (Lipinski definition) is 2. The molecular weight excluding hydrogens is 544 g/mol. The Balaban J connectivity index is 3.94. The fourth-order valence-electron chi connectivity index (χ4n) is 5.87. The van der Waals surface area contributed by atoms with Crippen LogP contribution in [0.5, 0.6) is 0 Å². The molecule has 0 aromatic heterocycles. The fourth-order valence-corrected chi connectivity index (χ4v) is 5.87. The largest absolute Gasteiger partial charge is 0.478 e. The van der Waals surface area contributed by atoms with Crippen molar-refractivity contribution in [1.82, 2.24) is 0 Å². The minimum Gasteiger partial charge on any atom is -0.478 e. The van der Waals surface area contributed by atoms with Gasteiger partial charge in [0.15, 0.2) is 0 Å². The lowest BCUT2D eigenvalue weighted by molar-refractivity contribution is -0.136. The van der Waals surface area contributed by atoms with E-state index in [2.05, 4.69) is 38.2 Å². The normalized spacial score (nSPS) is 12.4. The summed E-state index contributed by atoms with van der Waals surface area (Å²) >= 11 is 0. The minimum atomic E-state index is -1.06. The molecule has 0 rings (SSSR count). The van der Waals surface area contributed by atoms with Gasteiger partial charge >= 0.3 is 11.9 Å². The number of hydrogen-bond donors (Lipinski definition) is 2. The molecule has 0 aliphatic heterocycles. The number of allylic oxidation sites excluding steroid dienone is 4. The summed E-state index contributed by atoms with van der Waals surface area (Å²) in [4.78, 5) is 23.8. The van der Waals surface area contributed by atoms with Crippen LogP contribution in [0.3, 0.4) is 0 Å². The summed E-state index contributed by atoms with van der Waals surface area (Å²) in [5.74, 6) is -2.11. The maximum absolute atomic E-state index is 11.9. The molecular formula is C40H72O4.